The molecule has 0 aromatic heterocycles. The van der Waals surface area contributed by atoms with Gasteiger partial charge in [0.05, 0.1) is 6.61 Å². The van der Waals surface area contributed by atoms with E-state index in [9.17, 15) is 9.90 Å². The molecule has 1 aliphatic heterocycles. The van der Waals surface area contributed by atoms with Crippen LogP contribution in [-0.4, -0.2) is 30.1 Å². The first-order chi connectivity index (χ1) is 14.4. The molecule has 0 amide bonds. The van der Waals surface area contributed by atoms with Crippen LogP contribution in [0.3, 0.4) is 0 Å². The Morgan fingerprint density at radius 3 is 2.48 bits per heavy atom. The molecule has 0 aromatic rings. The fourth-order valence-electron chi connectivity index (χ4n) is 10.1. The quantitative estimate of drug-likeness (QED) is 0.442. The number of hydrogen-bond acceptors (Lipinski definition) is 4. The lowest BCUT2D eigenvalue weighted by molar-refractivity contribution is -0.253. The zero-order valence-corrected chi connectivity index (χ0v) is 20.4. The van der Waals surface area contributed by atoms with E-state index in [0.717, 1.165) is 18.8 Å². The first-order valence-electron chi connectivity index (χ1n) is 12.6. The van der Waals surface area contributed by atoms with Crippen LogP contribution in [0.2, 0.25) is 0 Å². The van der Waals surface area contributed by atoms with Crippen molar-refractivity contribution in [2.24, 2.45) is 45.3 Å². The fraction of sp³-hybridized carbons (Fsp3) is 0.889. The van der Waals surface area contributed by atoms with Crippen molar-refractivity contribution in [2.75, 3.05) is 6.61 Å². The van der Waals surface area contributed by atoms with Crippen molar-refractivity contribution in [2.45, 2.75) is 98.9 Å². The van der Waals surface area contributed by atoms with Crippen LogP contribution in [0.4, 0.5) is 0 Å². The van der Waals surface area contributed by atoms with Crippen molar-refractivity contribution in [3.63, 3.8) is 0 Å². The SMILES string of the molecule is CC(=O)O[C@H]1C[C@@H]2[C@@]3(C)CCCC(C)(C)[C@@H]3CC[C@@]2(C)[C@@H]2CC=C3CO[C@@H](O)[C@@H]3[C@@]12C. The number of hydrogen-bond donors (Lipinski definition) is 1. The molecule has 3 saturated carbocycles. The predicted octanol–water partition coefficient (Wildman–Crippen LogP) is 5.49. The average Bonchev–Trinajstić information content (AvgIpc) is 3.04. The van der Waals surface area contributed by atoms with Crippen LogP contribution in [0.1, 0.15) is 86.5 Å². The molecule has 0 radical (unpaired) electrons. The molecule has 1 heterocycles. The number of carbonyl (C=O) groups excluding carboxylic acids is 1. The summed E-state index contributed by atoms with van der Waals surface area (Å²) < 4.78 is 11.9. The number of ether oxygens (including phenoxy) is 2. The van der Waals surface area contributed by atoms with Crippen LogP contribution in [0.5, 0.6) is 0 Å². The van der Waals surface area contributed by atoms with Crippen LogP contribution in [-0.2, 0) is 14.3 Å². The van der Waals surface area contributed by atoms with Crippen molar-refractivity contribution in [3.8, 4) is 0 Å². The Hall–Kier alpha value is -0.870. The zero-order valence-electron chi connectivity index (χ0n) is 20.4. The molecule has 1 saturated heterocycles. The lowest BCUT2D eigenvalue weighted by Gasteiger charge is -2.70. The maximum Gasteiger partial charge on any atom is 0.302 e. The maximum atomic E-state index is 12.3. The highest BCUT2D eigenvalue weighted by molar-refractivity contribution is 5.66. The Balaban J connectivity index is 1.62. The van der Waals surface area contributed by atoms with Crippen LogP contribution < -0.4 is 0 Å². The van der Waals surface area contributed by atoms with Gasteiger partial charge in [-0.05, 0) is 78.1 Å². The molecule has 0 spiro atoms. The van der Waals surface area contributed by atoms with Gasteiger partial charge in [0, 0.05) is 18.3 Å². The summed E-state index contributed by atoms with van der Waals surface area (Å²) in [6.07, 6.45) is 9.75. The molecule has 5 aliphatic rings. The lowest BCUT2D eigenvalue weighted by Crippen LogP contribution is -2.67. The van der Waals surface area contributed by atoms with Gasteiger partial charge in [-0.1, -0.05) is 47.1 Å². The molecule has 174 valence electrons. The number of allylic oxidation sites excluding steroid dienone is 1. The highest BCUT2D eigenvalue weighted by atomic mass is 16.6. The summed E-state index contributed by atoms with van der Waals surface area (Å²) >= 11 is 0. The van der Waals surface area contributed by atoms with Crippen molar-refractivity contribution in [3.05, 3.63) is 11.6 Å². The van der Waals surface area contributed by atoms with Crippen molar-refractivity contribution < 1.29 is 19.4 Å². The van der Waals surface area contributed by atoms with Crippen LogP contribution >= 0.6 is 0 Å². The average molecular weight is 431 g/mol. The molecule has 4 aliphatic carbocycles. The monoisotopic (exact) mass is 430 g/mol. The summed E-state index contributed by atoms with van der Waals surface area (Å²) in [4.78, 5) is 12.3. The minimum Gasteiger partial charge on any atom is -0.462 e. The number of carbonyl (C=O) groups is 1. The smallest absolute Gasteiger partial charge is 0.302 e. The van der Waals surface area contributed by atoms with E-state index >= 15 is 0 Å². The molecule has 9 atom stereocenters. The van der Waals surface area contributed by atoms with Crippen molar-refractivity contribution in [1.82, 2.24) is 0 Å². The molecule has 0 aromatic carbocycles. The third-order valence-corrected chi connectivity index (χ3v) is 11.2. The first-order valence-corrected chi connectivity index (χ1v) is 12.6. The van der Waals surface area contributed by atoms with Gasteiger partial charge < -0.3 is 14.6 Å². The predicted molar refractivity (Wildman–Crippen MR) is 120 cm³/mol. The van der Waals surface area contributed by atoms with E-state index in [0.29, 0.717) is 23.9 Å². The molecule has 1 N–H and O–H groups in total. The van der Waals surface area contributed by atoms with E-state index in [1.54, 1.807) is 6.92 Å². The summed E-state index contributed by atoms with van der Waals surface area (Å²) in [6, 6.07) is 0. The number of rotatable bonds is 1. The normalized spacial score (nSPS) is 52.8. The Labute approximate surface area is 188 Å². The Kier molecular flexibility index (Phi) is 4.83. The lowest BCUT2D eigenvalue weighted by atomic mass is 9.34. The third-order valence-electron chi connectivity index (χ3n) is 11.2. The number of esters is 1. The molecule has 4 fully saturated rings. The van der Waals surface area contributed by atoms with E-state index in [1.165, 1.54) is 37.7 Å². The van der Waals surface area contributed by atoms with E-state index < -0.39 is 6.29 Å². The van der Waals surface area contributed by atoms with E-state index in [1.807, 2.05) is 0 Å². The number of fused-ring (bicyclic) bond motifs is 7. The summed E-state index contributed by atoms with van der Waals surface area (Å²) in [5.41, 5.74) is 1.77. The molecule has 4 nitrogen and oxygen atoms in total. The fourth-order valence-corrected chi connectivity index (χ4v) is 10.1. The van der Waals surface area contributed by atoms with Gasteiger partial charge >= 0.3 is 5.97 Å². The molecule has 31 heavy (non-hydrogen) atoms. The van der Waals surface area contributed by atoms with Crippen LogP contribution in [0.15, 0.2) is 11.6 Å². The molecule has 0 unspecified atom stereocenters. The standard InChI is InChI=1S/C27H42O4/c1-16(28)31-21-14-20-25(4)12-7-11-24(2,3)18(25)10-13-26(20,5)19-9-8-17-15-30-23(29)22(17)27(19,21)6/h8,18-23,29H,7,9-15H2,1-6H3/t18-,19-,20+,21-,22+,23+,25-,26-,27+/m0/s1. The van der Waals surface area contributed by atoms with Crippen molar-refractivity contribution >= 4 is 5.97 Å². The minimum absolute atomic E-state index is 0.0679. The van der Waals surface area contributed by atoms with Crippen molar-refractivity contribution in [1.29, 1.82) is 0 Å². The second kappa shape index (κ2) is 6.82. The van der Waals surface area contributed by atoms with Gasteiger partial charge in [-0.3, -0.25) is 4.79 Å². The minimum atomic E-state index is -0.794. The highest BCUT2D eigenvalue weighted by Gasteiger charge is 2.70. The Morgan fingerprint density at radius 2 is 1.77 bits per heavy atom. The summed E-state index contributed by atoms with van der Waals surface area (Å²) in [6.45, 7) is 14.4. The van der Waals surface area contributed by atoms with Gasteiger partial charge in [0.25, 0.3) is 0 Å². The molecular formula is C27H42O4. The topological polar surface area (TPSA) is 55.8 Å². The third kappa shape index (κ3) is 2.82. The van der Waals surface area contributed by atoms with Gasteiger partial charge in [-0.2, -0.15) is 0 Å². The molecule has 0 bridgehead atoms. The zero-order chi connectivity index (χ0) is 22.4. The summed E-state index contributed by atoms with van der Waals surface area (Å²) in [5.74, 6) is 1.39. The summed E-state index contributed by atoms with van der Waals surface area (Å²) in [5, 5.41) is 10.9. The Bertz CT molecular complexity index is 801. The van der Waals surface area contributed by atoms with Gasteiger partial charge in [-0.25, -0.2) is 0 Å². The Morgan fingerprint density at radius 1 is 1.06 bits per heavy atom. The summed E-state index contributed by atoms with van der Waals surface area (Å²) in [7, 11) is 0. The van der Waals surface area contributed by atoms with Crippen LogP contribution in [0.25, 0.3) is 0 Å². The number of aliphatic hydroxyl groups is 1. The van der Waals surface area contributed by atoms with Gasteiger partial charge in [-0.15, -0.1) is 0 Å². The van der Waals surface area contributed by atoms with E-state index in [2.05, 4.69) is 40.7 Å². The van der Waals surface area contributed by atoms with Gasteiger partial charge in [0.1, 0.15) is 6.10 Å². The van der Waals surface area contributed by atoms with E-state index in [4.69, 9.17) is 9.47 Å². The van der Waals surface area contributed by atoms with Gasteiger partial charge in [0.2, 0.25) is 0 Å². The largest absolute Gasteiger partial charge is 0.462 e. The molecular weight excluding hydrogens is 388 g/mol. The van der Waals surface area contributed by atoms with E-state index in [-0.39, 0.29) is 34.2 Å². The van der Waals surface area contributed by atoms with Crippen LogP contribution in [0, 0.1) is 45.3 Å². The molecule has 4 heteroatoms. The number of aliphatic hydroxyl groups excluding tert-OH is 1. The highest BCUT2D eigenvalue weighted by Crippen LogP contribution is 2.73. The first kappa shape index (κ1) is 21.9. The second-order valence-corrected chi connectivity index (χ2v) is 12.9. The van der Waals surface area contributed by atoms with Gasteiger partial charge in [0.15, 0.2) is 6.29 Å². The maximum absolute atomic E-state index is 12.3. The molecule has 5 rings (SSSR count). The second-order valence-electron chi connectivity index (χ2n) is 12.9.